The van der Waals surface area contributed by atoms with Crippen LogP contribution >= 0.6 is 0 Å². The summed E-state index contributed by atoms with van der Waals surface area (Å²) in [5.74, 6) is 2.95. The topological polar surface area (TPSA) is 17.6 Å². The van der Waals surface area contributed by atoms with Crippen molar-refractivity contribution in [2.24, 2.45) is 0 Å². The zero-order valence-corrected chi connectivity index (χ0v) is 79.7. The minimum atomic E-state index is 0.134. The summed E-state index contributed by atoms with van der Waals surface area (Å²) in [4.78, 5) is 3.60. The molecule has 0 aliphatic heterocycles. The Balaban J connectivity index is 0.000000112. The highest BCUT2D eigenvalue weighted by atomic mass is 14.9. The van der Waals surface area contributed by atoms with Gasteiger partial charge in [-0.25, -0.2) is 4.85 Å². The van der Waals surface area contributed by atoms with E-state index in [2.05, 4.69) is 456 Å². The van der Waals surface area contributed by atoms with E-state index in [4.69, 9.17) is 6.57 Å². The van der Waals surface area contributed by atoms with E-state index in [0.29, 0.717) is 41.2 Å². The van der Waals surface area contributed by atoms with Crippen molar-refractivity contribution in [3.8, 4) is 55.6 Å². The van der Waals surface area contributed by atoms with Gasteiger partial charge in [0, 0.05) is 64.6 Å². The van der Waals surface area contributed by atoms with Crippen LogP contribution in [0.5, 0.6) is 0 Å². The van der Waals surface area contributed by atoms with Crippen molar-refractivity contribution in [2.45, 2.75) is 145 Å². The molecular formula is C131H108N4. The minimum absolute atomic E-state index is 0.134. The van der Waals surface area contributed by atoms with Gasteiger partial charge in [0.25, 0.3) is 0 Å². The molecular weight excluding hydrogens is 1630 g/mol. The van der Waals surface area contributed by atoms with Crippen molar-refractivity contribution in [1.82, 2.24) is 13.2 Å². The van der Waals surface area contributed by atoms with Crippen LogP contribution in [0.15, 0.2) is 346 Å². The third kappa shape index (κ3) is 13.8. The smallest absolute Gasteiger partial charge is 0.187 e. The molecule has 6 aromatic heterocycles. The molecule has 0 saturated heterocycles. The first-order valence-electron chi connectivity index (χ1n) is 48.6. The molecule has 0 fully saturated rings. The van der Waals surface area contributed by atoms with Crippen molar-refractivity contribution in [3.63, 3.8) is 0 Å². The van der Waals surface area contributed by atoms with Crippen molar-refractivity contribution < 1.29 is 0 Å². The zero-order chi connectivity index (χ0) is 92.2. The Kier molecular flexibility index (Phi) is 19.4. The molecule has 135 heavy (non-hydrogen) atoms. The SMILES string of the molecule is CC(C)c1ccc2cc3c(cc2c1)c1cc(-c2cc(-c4ccccc4)cc(-c4ccccc4)c2)cc2c4cc5cc(C(C)C)ccc5cc4n3c12.CC(C)c1ccc2cc3c(cc2c1)c1cc(-c2ccc(C(C)(C)C)cc2)cc2c4cc5cc(C(C)C)ccc5cc4n3c12.[C-]#[N+]c1ccc(-c2cc3c4cc5cc(C(C)C)ccc5cc4n4c5cc6ccc(C(C)C)cc6cc5c(c2)c34)cc1. The van der Waals surface area contributed by atoms with Gasteiger partial charge < -0.3 is 13.2 Å². The highest BCUT2D eigenvalue weighted by Gasteiger charge is 2.27. The summed E-state index contributed by atoms with van der Waals surface area (Å²) in [6.45, 7) is 41.5. The lowest BCUT2D eigenvalue weighted by atomic mass is 9.86. The molecule has 26 aromatic rings. The second-order valence-corrected chi connectivity index (χ2v) is 41.6. The van der Waals surface area contributed by atoms with Crippen LogP contribution in [0.25, 0.3) is 239 Å². The molecule has 20 aromatic carbocycles. The van der Waals surface area contributed by atoms with Gasteiger partial charge in [0.2, 0.25) is 0 Å². The third-order valence-corrected chi connectivity index (χ3v) is 30.0. The number of fused-ring (bicyclic) bond motifs is 24. The van der Waals surface area contributed by atoms with Gasteiger partial charge in [-0.05, 0) is 328 Å². The summed E-state index contributed by atoms with van der Waals surface area (Å²) < 4.78 is 7.57. The van der Waals surface area contributed by atoms with Gasteiger partial charge >= 0.3 is 0 Å². The van der Waals surface area contributed by atoms with E-state index in [1.54, 1.807) is 0 Å². The number of hydrogen-bond acceptors (Lipinski definition) is 0. The lowest BCUT2D eigenvalue weighted by Gasteiger charge is -2.19. The van der Waals surface area contributed by atoms with E-state index in [1.165, 1.54) is 268 Å². The zero-order valence-electron chi connectivity index (χ0n) is 79.7. The summed E-state index contributed by atoms with van der Waals surface area (Å²) in [5, 5.41) is 31.2. The minimum Gasteiger partial charge on any atom is -0.308 e. The van der Waals surface area contributed by atoms with Crippen LogP contribution in [0.4, 0.5) is 5.69 Å². The van der Waals surface area contributed by atoms with Crippen LogP contribution in [0.1, 0.15) is 178 Å². The molecule has 0 unspecified atom stereocenters. The van der Waals surface area contributed by atoms with E-state index in [-0.39, 0.29) is 5.41 Å². The van der Waals surface area contributed by atoms with E-state index in [0.717, 1.165) is 5.56 Å². The summed E-state index contributed by atoms with van der Waals surface area (Å²) in [6.07, 6.45) is 0. The van der Waals surface area contributed by atoms with Gasteiger partial charge in [-0.2, -0.15) is 0 Å². The summed E-state index contributed by atoms with van der Waals surface area (Å²) in [7, 11) is 0. The molecule has 0 aliphatic carbocycles. The standard InChI is InChI=1S/C50H39N.C42H39N.C39H30N2/c1-30(2)34-15-17-36-28-48-44(24-41(36)19-34)46-26-43(40-22-38(32-11-7-5-8-12-32)21-39(23-40)33-13-9-6-10-14-33)27-47-45-25-42-20-35(31(3)4)16-18-37(42)29-49(45)51(48)50(46)47;1-24(2)27-8-10-29-22-39-35(18-31(29)16-27)37-20-33(26-12-14-34(15-13-26)42(5,6)7)21-38-36-19-32-17-28(25(3)4)9-11-30(32)23-40(36)43(39)41(37)38;1-22(2)25-6-8-27-20-37-33(16-29(27)14-25)35-18-31(24-10-12-32(40-5)13-11-24)19-36-34-17-30-15-26(23(3)4)7-9-28(30)21-38(34)41(37)39(35)36/h5-31H,1-4H3;8-25H,1-7H3;6-23H,1-4H3. The van der Waals surface area contributed by atoms with Crippen molar-refractivity contribution in [2.75, 3.05) is 0 Å². The third-order valence-electron chi connectivity index (χ3n) is 30.0. The molecule has 652 valence electrons. The number of benzene rings is 20. The Morgan fingerprint density at radius 1 is 0.193 bits per heavy atom. The van der Waals surface area contributed by atoms with Gasteiger partial charge in [0.15, 0.2) is 5.69 Å². The molecule has 0 saturated carbocycles. The quantitative estimate of drug-likeness (QED) is 0.115. The molecule has 0 spiro atoms. The molecule has 0 amide bonds. The molecule has 4 nitrogen and oxygen atoms in total. The lowest BCUT2D eigenvalue weighted by Crippen LogP contribution is -2.10. The van der Waals surface area contributed by atoms with Crippen LogP contribution in [-0.4, -0.2) is 13.2 Å². The van der Waals surface area contributed by atoms with Crippen molar-refractivity contribution in [3.05, 3.63) is 396 Å². The Labute approximate surface area is 788 Å². The fourth-order valence-corrected chi connectivity index (χ4v) is 22.1. The first kappa shape index (κ1) is 83.0. The Hall–Kier alpha value is -15.2. The highest BCUT2D eigenvalue weighted by molar-refractivity contribution is 6.31. The van der Waals surface area contributed by atoms with Crippen LogP contribution in [0.2, 0.25) is 0 Å². The number of nitrogens with zero attached hydrogens (tertiary/aromatic N) is 4. The maximum Gasteiger partial charge on any atom is 0.187 e. The van der Waals surface area contributed by atoms with Gasteiger partial charge in [-0.3, -0.25) is 0 Å². The van der Waals surface area contributed by atoms with Crippen LogP contribution in [0, 0.1) is 6.57 Å². The maximum absolute atomic E-state index is 7.39. The molecule has 0 radical (unpaired) electrons. The molecule has 0 atom stereocenters. The van der Waals surface area contributed by atoms with E-state index < -0.39 is 0 Å². The molecule has 6 heterocycles. The van der Waals surface area contributed by atoms with Crippen molar-refractivity contribution in [1.29, 1.82) is 0 Å². The summed E-state index contributed by atoms with van der Waals surface area (Å²) in [5.41, 5.74) is 34.2. The molecule has 26 rings (SSSR count). The first-order chi connectivity index (χ1) is 65.3. The maximum atomic E-state index is 7.39. The predicted molar refractivity (Wildman–Crippen MR) is 585 cm³/mol. The van der Waals surface area contributed by atoms with E-state index in [9.17, 15) is 0 Å². The first-order valence-corrected chi connectivity index (χ1v) is 48.6. The molecule has 0 bridgehead atoms. The van der Waals surface area contributed by atoms with Crippen LogP contribution in [-0.2, 0) is 5.41 Å². The molecule has 0 N–H and O–H groups in total. The fourth-order valence-electron chi connectivity index (χ4n) is 22.1. The summed E-state index contributed by atoms with van der Waals surface area (Å²) in [6, 6.07) is 131. The second kappa shape index (κ2) is 31.5. The van der Waals surface area contributed by atoms with Crippen LogP contribution < -0.4 is 0 Å². The van der Waals surface area contributed by atoms with Crippen molar-refractivity contribution >= 4 is 185 Å². The van der Waals surface area contributed by atoms with Gasteiger partial charge in [0.05, 0.1) is 56.2 Å². The van der Waals surface area contributed by atoms with Crippen LogP contribution in [0.3, 0.4) is 0 Å². The number of rotatable bonds is 11. The predicted octanol–water partition coefficient (Wildman–Crippen LogP) is 38.4. The largest absolute Gasteiger partial charge is 0.308 e. The normalized spacial score (nSPS) is 12.5. The molecule has 4 heteroatoms. The Morgan fingerprint density at radius 2 is 0.400 bits per heavy atom. The second-order valence-electron chi connectivity index (χ2n) is 41.6. The lowest BCUT2D eigenvalue weighted by molar-refractivity contribution is 0.590. The van der Waals surface area contributed by atoms with E-state index in [1.807, 2.05) is 12.1 Å². The average molecular weight is 1740 g/mol. The Bertz CT molecular complexity index is 8910. The van der Waals surface area contributed by atoms with Gasteiger partial charge in [0.1, 0.15) is 0 Å². The van der Waals surface area contributed by atoms with E-state index >= 15 is 0 Å². The fraction of sp³-hybridized carbons (Fsp3) is 0.168. The van der Waals surface area contributed by atoms with Gasteiger partial charge in [-0.15, -0.1) is 0 Å². The Morgan fingerprint density at radius 3 is 0.622 bits per heavy atom. The van der Waals surface area contributed by atoms with Gasteiger partial charge in [-0.1, -0.05) is 322 Å². The highest BCUT2D eigenvalue weighted by Crippen LogP contribution is 2.51. The molecule has 0 aliphatic rings. The number of aromatic nitrogens is 3. The summed E-state index contributed by atoms with van der Waals surface area (Å²) >= 11 is 0. The number of hydrogen-bond donors (Lipinski definition) is 0. The monoisotopic (exact) mass is 1740 g/mol. The average Bonchev–Trinajstić information content (AvgIpc) is 1.54.